The van der Waals surface area contributed by atoms with Crippen molar-refractivity contribution >= 4 is 45.1 Å². The number of ether oxygens (including phenoxy) is 1. The Morgan fingerprint density at radius 1 is 1.00 bits per heavy atom. The van der Waals surface area contributed by atoms with Gasteiger partial charge in [0, 0.05) is 16.8 Å². The van der Waals surface area contributed by atoms with E-state index in [1.54, 1.807) is 24.3 Å². The highest BCUT2D eigenvalue weighted by Crippen LogP contribution is 2.35. The standard InChI is InChI=1S/C31H27N5O4S/c1-3-4-17-40-22-15-11-20(12-16-22)28-33-31-36(34-28)30(39)27(41-31)26-23-7-5-6-8-24(23)35(29(26)38)18-25(37)32-21-13-9-19(2)10-14-21/h5-16H,3-4,17-18H2,1-2H3,(H,32,37). The molecule has 6 rings (SSSR count). The average molecular weight is 566 g/mol. The second-order valence-corrected chi connectivity index (χ2v) is 10.8. The van der Waals surface area contributed by atoms with Gasteiger partial charge in [0.05, 0.1) is 17.9 Å². The third-order valence-electron chi connectivity index (χ3n) is 6.82. The van der Waals surface area contributed by atoms with Gasteiger partial charge in [-0.3, -0.25) is 19.3 Å². The fourth-order valence-electron chi connectivity index (χ4n) is 4.68. The van der Waals surface area contributed by atoms with Crippen LogP contribution in [0.2, 0.25) is 0 Å². The minimum atomic E-state index is -0.424. The van der Waals surface area contributed by atoms with E-state index in [1.807, 2.05) is 55.5 Å². The maximum absolute atomic E-state index is 13.7. The van der Waals surface area contributed by atoms with Crippen molar-refractivity contribution in [1.82, 2.24) is 14.6 Å². The molecule has 2 amide bonds. The SMILES string of the molecule is CCCCOc1ccc(-c2nc3sc(=C4C(=O)N(CC(=O)Nc5ccc(C)cc5)c5ccccc54)c(=O)n3n2)cc1. The van der Waals surface area contributed by atoms with E-state index in [-0.39, 0.29) is 22.6 Å². The third-order valence-corrected chi connectivity index (χ3v) is 7.85. The Kier molecular flexibility index (Phi) is 7.07. The number of aromatic nitrogens is 3. The lowest BCUT2D eigenvalue weighted by atomic mass is 10.1. The molecule has 41 heavy (non-hydrogen) atoms. The van der Waals surface area contributed by atoms with Crippen LogP contribution in [0.3, 0.4) is 0 Å². The Labute approximate surface area is 239 Å². The summed E-state index contributed by atoms with van der Waals surface area (Å²) >= 11 is 1.11. The van der Waals surface area contributed by atoms with Crippen LogP contribution in [0.5, 0.6) is 5.75 Å². The molecule has 10 heteroatoms. The second kappa shape index (κ2) is 11.0. The van der Waals surface area contributed by atoms with Gasteiger partial charge < -0.3 is 10.1 Å². The fourth-order valence-corrected chi connectivity index (χ4v) is 5.68. The first-order chi connectivity index (χ1) is 19.9. The van der Waals surface area contributed by atoms with Gasteiger partial charge in [-0.2, -0.15) is 9.50 Å². The molecule has 3 heterocycles. The van der Waals surface area contributed by atoms with Crippen molar-refractivity contribution in [3.05, 3.63) is 98.8 Å². The molecule has 0 fully saturated rings. The monoisotopic (exact) mass is 565 g/mol. The van der Waals surface area contributed by atoms with Crippen LogP contribution in [-0.4, -0.2) is 39.6 Å². The van der Waals surface area contributed by atoms with E-state index >= 15 is 0 Å². The van der Waals surface area contributed by atoms with Crippen molar-refractivity contribution in [1.29, 1.82) is 0 Å². The molecular weight excluding hydrogens is 538 g/mol. The van der Waals surface area contributed by atoms with E-state index in [0.717, 1.165) is 41.1 Å². The number of hydrogen-bond donors (Lipinski definition) is 1. The topological polar surface area (TPSA) is 106 Å². The van der Waals surface area contributed by atoms with Crippen LogP contribution >= 0.6 is 11.3 Å². The number of nitrogens with one attached hydrogen (secondary N) is 1. The number of rotatable bonds is 8. The molecule has 0 aliphatic carbocycles. The van der Waals surface area contributed by atoms with Gasteiger partial charge in [-0.25, -0.2) is 0 Å². The first-order valence-electron chi connectivity index (χ1n) is 13.4. The summed E-state index contributed by atoms with van der Waals surface area (Å²) in [7, 11) is 0. The van der Waals surface area contributed by atoms with E-state index in [2.05, 4.69) is 22.3 Å². The van der Waals surface area contributed by atoms with Gasteiger partial charge in [0.15, 0.2) is 5.82 Å². The zero-order chi connectivity index (χ0) is 28.5. The van der Waals surface area contributed by atoms with Gasteiger partial charge in [0.1, 0.15) is 16.8 Å². The molecule has 0 unspecified atom stereocenters. The van der Waals surface area contributed by atoms with Crippen molar-refractivity contribution in [2.75, 3.05) is 23.4 Å². The van der Waals surface area contributed by atoms with Crippen molar-refractivity contribution < 1.29 is 14.3 Å². The lowest BCUT2D eigenvalue weighted by molar-refractivity contribution is -0.118. The Bertz CT molecular complexity index is 1880. The quantitative estimate of drug-likeness (QED) is 0.283. The molecule has 1 N–H and O–H groups in total. The molecule has 0 saturated heterocycles. The number of nitrogens with zero attached hydrogens (tertiary/aromatic N) is 4. The van der Waals surface area contributed by atoms with Crippen LogP contribution in [0, 0.1) is 6.92 Å². The van der Waals surface area contributed by atoms with Crippen molar-refractivity contribution in [2.24, 2.45) is 0 Å². The van der Waals surface area contributed by atoms with Gasteiger partial charge >= 0.3 is 0 Å². The number of carbonyl (C=O) groups is 2. The Balaban J connectivity index is 1.30. The number of thiazole rings is 1. The molecule has 0 radical (unpaired) electrons. The van der Waals surface area contributed by atoms with Gasteiger partial charge in [0.2, 0.25) is 10.9 Å². The highest BCUT2D eigenvalue weighted by atomic mass is 32.1. The Hall–Kier alpha value is -4.83. The fraction of sp³-hybridized carbons (Fsp3) is 0.194. The molecule has 5 aromatic rings. The second-order valence-electron chi connectivity index (χ2n) is 9.79. The lowest BCUT2D eigenvalue weighted by Gasteiger charge is -2.16. The van der Waals surface area contributed by atoms with Crippen LogP contribution < -0.4 is 25.0 Å². The summed E-state index contributed by atoms with van der Waals surface area (Å²) in [5, 5.41) is 7.28. The number of carbonyl (C=O) groups excluding carboxylic acids is 2. The molecule has 3 aromatic carbocycles. The number of amides is 2. The van der Waals surface area contributed by atoms with Gasteiger partial charge in [0.25, 0.3) is 11.5 Å². The first kappa shape index (κ1) is 26.4. The molecule has 0 spiro atoms. The highest BCUT2D eigenvalue weighted by molar-refractivity contribution is 7.15. The summed E-state index contributed by atoms with van der Waals surface area (Å²) in [6.07, 6.45) is 2.05. The minimum absolute atomic E-state index is 0.190. The molecular formula is C31H27N5O4S. The molecule has 0 atom stereocenters. The van der Waals surface area contributed by atoms with Gasteiger partial charge in [-0.15, -0.1) is 5.10 Å². The summed E-state index contributed by atoms with van der Waals surface area (Å²) in [6.45, 7) is 4.55. The van der Waals surface area contributed by atoms with Gasteiger partial charge in [-0.1, -0.05) is 60.6 Å². The number of unbranched alkanes of at least 4 members (excludes halogenated alkanes) is 1. The maximum atomic E-state index is 13.7. The van der Waals surface area contributed by atoms with Crippen molar-refractivity contribution in [2.45, 2.75) is 26.7 Å². The zero-order valence-corrected chi connectivity index (χ0v) is 23.4. The zero-order valence-electron chi connectivity index (χ0n) is 22.6. The van der Waals surface area contributed by atoms with Crippen LogP contribution in [0.4, 0.5) is 11.4 Å². The van der Waals surface area contributed by atoms with E-state index in [0.29, 0.717) is 34.3 Å². The molecule has 1 aliphatic heterocycles. The Morgan fingerprint density at radius 2 is 1.76 bits per heavy atom. The summed E-state index contributed by atoms with van der Waals surface area (Å²) < 4.78 is 7.19. The highest BCUT2D eigenvalue weighted by Gasteiger charge is 2.35. The van der Waals surface area contributed by atoms with Crippen LogP contribution in [-0.2, 0) is 9.59 Å². The minimum Gasteiger partial charge on any atom is -0.494 e. The maximum Gasteiger partial charge on any atom is 0.291 e. The summed E-state index contributed by atoms with van der Waals surface area (Å²) in [5.41, 5.74) is 3.48. The number of fused-ring (bicyclic) bond motifs is 2. The number of aryl methyl sites for hydroxylation is 1. The Morgan fingerprint density at radius 3 is 2.49 bits per heavy atom. The van der Waals surface area contributed by atoms with Crippen LogP contribution in [0.1, 0.15) is 30.9 Å². The summed E-state index contributed by atoms with van der Waals surface area (Å²) in [4.78, 5) is 46.4. The predicted octanol–water partition coefficient (Wildman–Crippen LogP) is 4.21. The largest absolute Gasteiger partial charge is 0.494 e. The molecule has 2 aromatic heterocycles. The van der Waals surface area contributed by atoms with E-state index in [4.69, 9.17) is 4.74 Å². The predicted molar refractivity (Wildman–Crippen MR) is 159 cm³/mol. The molecule has 0 bridgehead atoms. The third kappa shape index (κ3) is 5.09. The average Bonchev–Trinajstić information content (AvgIpc) is 3.61. The van der Waals surface area contributed by atoms with Crippen LogP contribution in [0.25, 0.3) is 21.9 Å². The van der Waals surface area contributed by atoms with Crippen molar-refractivity contribution in [3.63, 3.8) is 0 Å². The normalized spacial score (nSPS) is 14.0. The van der Waals surface area contributed by atoms with E-state index in [9.17, 15) is 14.4 Å². The summed E-state index contributed by atoms with van der Waals surface area (Å²) in [5.74, 6) is 0.430. The molecule has 0 saturated carbocycles. The lowest BCUT2D eigenvalue weighted by Crippen LogP contribution is -2.37. The van der Waals surface area contributed by atoms with E-state index in [1.165, 1.54) is 9.42 Å². The molecule has 1 aliphatic rings. The van der Waals surface area contributed by atoms with Crippen LogP contribution in [0.15, 0.2) is 77.6 Å². The smallest absolute Gasteiger partial charge is 0.291 e. The molecule has 9 nitrogen and oxygen atoms in total. The number of anilines is 2. The molecule has 206 valence electrons. The van der Waals surface area contributed by atoms with Gasteiger partial charge in [-0.05, 0) is 55.8 Å². The number of hydrogen-bond acceptors (Lipinski definition) is 7. The first-order valence-corrected chi connectivity index (χ1v) is 14.2. The van der Waals surface area contributed by atoms with Crippen molar-refractivity contribution in [3.8, 4) is 17.1 Å². The van der Waals surface area contributed by atoms with E-state index < -0.39 is 11.5 Å². The number of benzene rings is 3. The summed E-state index contributed by atoms with van der Waals surface area (Å²) in [6, 6.07) is 22.0. The number of para-hydroxylation sites is 1.